The van der Waals surface area contributed by atoms with Gasteiger partial charge < -0.3 is 14.8 Å². The van der Waals surface area contributed by atoms with Gasteiger partial charge in [0, 0.05) is 17.7 Å². The van der Waals surface area contributed by atoms with Crippen LogP contribution in [0.2, 0.25) is 0 Å². The molecule has 1 amide bonds. The topological polar surface area (TPSA) is 77.5 Å². The number of carbonyl (C=O) groups is 2. The highest BCUT2D eigenvalue weighted by Gasteiger charge is 2.12. The molecule has 0 atom stereocenters. The number of anilines is 1. The zero-order valence-corrected chi connectivity index (χ0v) is 12.8. The van der Waals surface area contributed by atoms with Crippen LogP contribution in [-0.2, 0) is 14.3 Å². The molecule has 0 saturated heterocycles. The van der Waals surface area contributed by atoms with Gasteiger partial charge in [0.2, 0.25) is 5.91 Å². The molecule has 1 heterocycles. The lowest BCUT2D eigenvalue weighted by atomic mass is 10.1. The molecular formula is C16H18N2O4. The first-order chi connectivity index (χ1) is 10.5. The Morgan fingerprint density at radius 3 is 2.73 bits per heavy atom. The normalized spacial score (nSPS) is 10.5. The highest BCUT2D eigenvalue weighted by molar-refractivity contribution is 6.04. The molecule has 0 saturated carbocycles. The molecule has 6 nitrogen and oxygen atoms in total. The Morgan fingerprint density at radius 2 is 2.05 bits per heavy atom. The highest BCUT2D eigenvalue weighted by Crippen LogP contribution is 2.24. The van der Waals surface area contributed by atoms with Gasteiger partial charge in [0.25, 0.3) is 0 Å². The summed E-state index contributed by atoms with van der Waals surface area (Å²) in [6.45, 7) is 4.11. The van der Waals surface area contributed by atoms with E-state index in [2.05, 4.69) is 10.3 Å². The number of aromatic nitrogens is 1. The summed E-state index contributed by atoms with van der Waals surface area (Å²) in [5.41, 5.74) is 2.46. The molecule has 0 fully saturated rings. The highest BCUT2D eigenvalue weighted by atomic mass is 16.5. The summed E-state index contributed by atoms with van der Waals surface area (Å²) >= 11 is 0. The number of benzene rings is 1. The fourth-order valence-corrected chi connectivity index (χ4v) is 2.09. The van der Waals surface area contributed by atoms with Crippen LogP contribution in [0.25, 0.3) is 10.9 Å². The molecule has 0 unspecified atom stereocenters. The molecule has 2 aromatic rings. The standard InChI is InChI=1S/C16H18N2O4/c1-4-22-9-15(19)18-14-7-10(2)17-13-6-5-11(8-12(13)14)16(20)21-3/h5-8H,4,9H2,1-3H3,(H,17,18,19). The molecule has 22 heavy (non-hydrogen) atoms. The van der Waals surface area contributed by atoms with Crippen molar-refractivity contribution in [3.05, 3.63) is 35.5 Å². The summed E-state index contributed by atoms with van der Waals surface area (Å²) in [6, 6.07) is 6.79. The first-order valence-corrected chi connectivity index (χ1v) is 6.92. The second kappa shape index (κ2) is 7.00. The minimum Gasteiger partial charge on any atom is -0.465 e. The lowest BCUT2D eigenvalue weighted by molar-refractivity contribution is -0.120. The number of esters is 1. The molecule has 1 aromatic carbocycles. The Labute approximate surface area is 128 Å². The van der Waals surface area contributed by atoms with Crippen molar-refractivity contribution in [2.24, 2.45) is 0 Å². The van der Waals surface area contributed by atoms with Crippen molar-refractivity contribution in [2.45, 2.75) is 13.8 Å². The van der Waals surface area contributed by atoms with E-state index in [1.807, 2.05) is 13.8 Å². The lowest BCUT2D eigenvalue weighted by Gasteiger charge is -2.11. The number of carbonyl (C=O) groups excluding carboxylic acids is 2. The monoisotopic (exact) mass is 302 g/mol. The maximum atomic E-state index is 11.9. The van der Waals surface area contributed by atoms with Gasteiger partial charge in [0.1, 0.15) is 6.61 Å². The van der Waals surface area contributed by atoms with Gasteiger partial charge in [-0.05, 0) is 38.1 Å². The molecule has 1 aromatic heterocycles. The van der Waals surface area contributed by atoms with E-state index in [9.17, 15) is 9.59 Å². The number of amides is 1. The van der Waals surface area contributed by atoms with Gasteiger partial charge in [-0.3, -0.25) is 9.78 Å². The van der Waals surface area contributed by atoms with E-state index in [1.165, 1.54) is 7.11 Å². The molecule has 0 bridgehead atoms. The van der Waals surface area contributed by atoms with Crippen LogP contribution >= 0.6 is 0 Å². The van der Waals surface area contributed by atoms with Crippen molar-refractivity contribution >= 4 is 28.5 Å². The van der Waals surface area contributed by atoms with E-state index >= 15 is 0 Å². The van der Waals surface area contributed by atoms with Crippen LogP contribution in [0, 0.1) is 6.92 Å². The average Bonchev–Trinajstić information content (AvgIpc) is 2.51. The van der Waals surface area contributed by atoms with Gasteiger partial charge in [-0.2, -0.15) is 0 Å². The number of hydrogen-bond donors (Lipinski definition) is 1. The average molecular weight is 302 g/mol. The Kier molecular flexibility index (Phi) is 5.06. The number of rotatable bonds is 5. The van der Waals surface area contributed by atoms with Gasteiger partial charge in [-0.15, -0.1) is 0 Å². The number of nitrogens with one attached hydrogen (secondary N) is 1. The molecule has 0 aliphatic heterocycles. The zero-order chi connectivity index (χ0) is 16.1. The van der Waals surface area contributed by atoms with E-state index in [0.717, 1.165) is 5.69 Å². The van der Waals surface area contributed by atoms with E-state index in [-0.39, 0.29) is 12.5 Å². The SMILES string of the molecule is CCOCC(=O)Nc1cc(C)nc2ccc(C(=O)OC)cc12. The summed E-state index contributed by atoms with van der Waals surface area (Å²) in [7, 11) is 1.32. The molecule has 2 rings (SSSR count). The van der Waals surface area contributed by atoms with Gasteiger partial charge >= 0.3 is 5.97 Å². The van der Waals surface area contributed by atoms with E-state index in [4.69, 9.17) is 9.47 Å². The fourth-order valence-electron chi connectivity index (χ4n) is 2.09. The number of ether oxygens (including phenoxy) is 2. The number of methoxy groups -OCH3 is 1. The summed E-state index contributed by atoms with van der Waals surface area (Å²) in [5, 5.41) is 3.47. The summed E-state index contributed by atoms with van der Waals surface area (Å²) in [6.07, 6.45) is 0. The van der Waals surface area contributed by atoms with E-state index < -0.39 is 5.97 Å². The summed E-state index contributed by atoms with van der Waals surface area (Å²) in [4.78, 5) is 27.9. The molecule has 0 radical (unpaired) electrons. The third kappa shape index (κ3) is 3.59. The van der Waals surface area contributed by atoms with Crippen LogP contribution in [0.15, 0.2) is 24.3 Å². The van der Waals surface area contributed by atoms with Crippen LogP contribution in [0.3, 0.4) is 0 Å². The number of pyridine rings is 1. The van der Waals surface area contributed by atoms with Gasteiger partial charge in [-0.1, -0.05) is 0 Å². The van der Waals surface area contributed by atoms with Crippen LogP contribution < -0.4 is 5.32 Å². The molecule has 116 valence electrons. The third-order valence-electron chi connectivity index (χ3n) is 3.07. The van der Waals surface area contributed by atoms with Crippen LogP contribution in [0.4, 0.5) is 5.69 Å². The quantitative estimate of drug-likeness (QED) is 0.858. The van der Waals surface area contributed by atoms with Crippen molar-refractivity contribution < 1.29 is 19.1 Å². The third-order valence-corrected chi connectivity index (χ3v) is 3.07. The Balaban J connectivity index is 2.42. The Morgan fingerprint density at radius 1 is 1.27 bits per heavy atom. The number of hydrogen-bond acceptors (Lipinski definition) is 5. The summed E-state index contributed by atoms with van der Waals surface area (Å²) in [5.74, 6) is -0.689. The molecular weight excluding hydrogens is 284 g/mol. The molecule has 1 N–H and O–H groups in total. The van der Waals surface area contributed by atoms with Crippen molar-refractivity contribution in [1.29, 1.82) is 0 Å². The second-order valence-corrected chi connectivity index (χ2v) is 4.72. The van der Waals surface area contributed by atoms with Gasteiger partial charge in [-0.25, -0.2) is 4.79 Å². The Hall–Kier alpha value is -2.47. The molecule has 6 heteroatoms. The minimum atomic E-state index is -0.436. The zero-order valence-electron chi connectivity index (χ0n) is 12.8. The predicted octanol–water partition coefficient (Wildman–Crippen LogP) is 2.30. The first-order valence-electron chi connectivity index (χ1n) is 6.92. The van der Waals surface area contributed by atoms with Crippen molar-refractivity contribution in [1.82, 2.24) is 4.98 Å². The molecule has 0 aliphatic carbocycles. The summed E-state index contributed by atoms with van der Waals surface area (Å²) < 4.78 is 9.80. The molecule has 0 aliphatic rings. The van der Waals surface area contributed by atoms with Crippen molar-refractivity contribution in [3.63, 3.8) is 0 Å². The second-order valence-electron chi connectivity index (χ2n) is 4.72. The number of nitrogens with zero attached hydrogens (tertiary/aromatic N) is 1. The van der Waals surface area contributed by atoms with Gasteiger partial charge in [0.15, 0.2) is 0 Å². The van der Waals surface area contributed by atoms with Gasteiger partial charge in [0.05, 0.1) is 23.9 Å². The van der Waals surface area contributed by atoms with E-state index in [0.29, 0.717) is 28.8 Å². The number of fused-ring (bicyclic) bond motifs is 1. The maximum absolute atomic E-state index is 11.9. The van der Waals surface area contributed by atoms with Crippen molar-refractivity contribution in [3.8, 4) is 0 Å². The molecule has 0 spiro atoms. The smallest absolute Gasteiger partial charge is 0.337 e. The minimum absolute atomic E-state index is 0.0178. The largest absolute Gasteiger partial charge is 0.465 e. The van der Waals surface area contributed by atoms with Crippen LogP contribution in [0.5, 0.6) is 0 Å². The number of aryl methyl sites for hydroxylation is 1. The van der Waals surface area contributed by atoms with E-state index in [1.54, 1.807) is 24.3 Å². The van der Waals surface area contributed by atoms with Crippen molar-refractivity contribution in [2.75, 3.05) is 25.6 Å². The fraction of sp³-hybridized carbons (Fsp3) is 0.312. The van der Waals surface area contributed by atoms with Crippen LogP contribution in [0.1, 0.15) is 23.0 Å². The predicted molar refractivity (Wildman–Crippen MR) is 82.9 cm³/mol. The maximum Gasteiger partial charge on any atom is 0.337 e. The lowest BCUT2D eigenvalue weighted by Crippen LogP contribution is -2.18. The first kappa shape index (κ1) is 15.9. The van der Waals surface area contributed by atoms with Crippen LogP contribution in [-0.4, -0.2) is 37.2 Å². The Bertz CT molecular complexity index is 713.